The van der Waals surface area contributed by atoms with E-state index in [9.17, 15) is 9.59 Å². The van der Waals surface area contributed by atoms with E-state index in [0.717, 1.165) is 19.5 Å². The number of hydrogen-bond acceptors (Lipinski definition) is 3. The van der Waals surface area contributed by atoms with Crippen LogP contribution in [0.1, 0.15) is 5.56 Å². The molecule has 118 valence electrons. The fourth-order valence-electron chi connectivity index (χ4n) is 3.03. The van der Waals surface area contributed by atoms with Crippen molar-refractivity contribution in [3.8, 4) is 0 Å². The number of carbonyl (C=O) groups is 2. The third kappa shape index (κ3) is 3.39. The van der Waals surface area contributed by atoms with Crippen molar-refractivity contribution in [2.24, 2.45) is 0 Å². The molecule has 0 saturated carbocycles. The standard InChI is InChI=1S/C16H22N4O2/c21-15-14-12-20(11-10-19(14)9-8-17-15)16(22)18-7-6-13-4-2-1-3-5-13/h1-5,14H,6-12H2,(H,17,21)(H,18,22)/t14-/m0/s1. The van der Waals surface area contributed by atoms with E-state index in [1.54, 1.807) is 4.90 Å². The Bertz CT molecular complexity index is 534. The summed E-state index contributed by atoms with van der Waals surface area (Å²) < 4.78 is 0. The maximum atomic E-state index is 12.2. The topological polar surface area (TPSA) is 64.7 Å². The highest BCUT2D eigenvalue weighted by molar-refractivity contribution is 5.84. The Kier molecular flexibility index (Phi) is 4.58. The molecule has 3 rings (SSSR count). The molecule has 6 nitrogen and oxygen atoms in total. The molecule has 2 aliphatic heterocycles. The van der Waals surface area contributed by atoms with E-state index >= 15 is 0 Å². The molecule has 0 radical (unpaired) electrons. The number of rotatable bonds is 3. The van der Waals surface area contributed by atoms with Gasteiger partial charge in [-0.2, -0.15) is 0 Å². The molecule has 0 bridgehead atoms. The van der Waals surface area contributed by atoms with E-state index in [0.29, 0.717) is 26.2 Å². The molecule has 6 heteroatoms. The largest absolute Gasteiger partial charge is 0.353 e. The van der Waals surface area contributed by atoms with Gasteiger partial charge in [0, 0.05) is 39.3 Å². The van der Waals surface area contributed by atoms with Crippen LogP contribution >= 0.6 is 0 Å². The van der Waals surface area contributed by atoms with Gasteiger partial charge < -0.3 is 15.5 Å². The summed E-state index contributed by atoms with van der Waals surface area (Å²) in [6.07, 6.45) is 0.816. The zero-order chi connectivity index (χ0) is 15.4. The second-order valence-electron chi connectivity index (χ2n) is 5.76. The number of carbonyl (C=O) groups excluding carboxylic acids is 2. The predicted octanol–water partition coefficient (Wildman–Crippen LogP) is 0.0547. The van der Waals surface area contributed by atoms with Crippen LogP contribution in [-0.4, -0.2) is 67.0 Å². The fourth-order valence-corrected chi connectivity index (χ4v) is 3.03. The monoisotopic (exact) mass is 302 g/mol. The van der Waals surface area contributed by atoms with Crippen molar-refractivity contribution in [3.05, 3.63) is 35.9 Å². The van der Waals surface area contributed by atoms with E-state index in [1.165, 1.54) is 5.56 Å². The summed E-state index contributed by atoms with van der Waals surface area (Å²) in [5, 5.41) is 5.81. The lowest BCUT2D eigenvalue weighted by Crippen LogP contribution is -2.65. The summed E-state index contributed by atoms with van der Waals surface area (Å²) >= 11 is 0. The first-order valence-electron chi connectivity index (χ1n) is 7.82. The molecule has 0 unspecified atom stereocenters. The zero-order valence-electron chi connectivity index (χ0n) is 12.6. The Hall–Kier alpha value is -2.08. The van der Waals surface area contributed by atoms with Crippen molar-refractivity contribution in [2.75, 3.05) is 39.3 Å². The van der Waals surface area contributed by atoms with Crippen LogP contribution in [0.4, 0.5) is 4.79 Å². The summed E-state index contributed by atoms with van der Waals surface area (Å²) in [5.41, 5.74) is 1.21. The average molecular weight is 302 g/mol. The molecular formula is C16H22N4O2. The second-order valence-corrected chi connectivity index (χ2v) is 5.76. The number of nitrogens with zero attached hydrogens (tertiary/aromatic N) is 2. The van der Waals surface area contributed by atoms with Crippen LogP contribution in [0.25, 0.3) is 0 Å². The van der Waals surface area contributed by atoms with Crippen molar-refractivity contribution >= 4 is 11.9 Å². The molecule has 2 fully saturated rings. The molecule has 2 N–H and O–H groups in total. The number of amides is 3. The van der Waals surface area contributed by atoms with Crippen LogP contribution in [-0.2, 0) is 11.2 Å². The van der Waals surface area contributed by atoms with E-state index in [2.05, 4.69) is 27.7 Å². The first-order chi connectivity index (χ1) is 10.7. The van der Waals surface area contributed by atoms with E-state index in [1.807, 2.05) is 18.2 Å². The molecule has 1 atom stereocenters. The SMILES string of the molecule is O=C1NCCN2CCN(C(=O)NCCc3ccccc3)C[C@@H]12. The molecule has 0 spiro atoms. The fraction of sp³-hybridized carbons (Fsp3) is 0.500. The Morgan fingerprint density at radius 1 is 1.23 bits per heavy atom. The van der Waals surface area contributed by atoms with Crippen LogP contribution in [0.3, 0.4) is 0 Å². The van der Waals surface area contributed by atoms with E-state index < -0.39 is 0 Å². The highest BCUT2D eigenvalue weighted by atomic mass is 16.2. The number of hydrogen-bond donors (Lipinski definition) is 2. The van der Waals surface area contributed by atoms with Gasteiger partial charge in [0.2, 0.25) is 5.91 Å². The van der Waals surface area contributed by atoms with Crippen molar-refractivity contribution in [1.82, 2.24) is 20.4 Å². The first-order valence-corrected chi connectivity index (χ1v) is 7.82. The van der Waals surface area contributed by atoms with Crippen molar-refractivity contribution in [2.45, 2.75) is 12.5 Å². The Morgan fingerprint density at radius 2 is 2.05 bits per heavy atom. The van der Waals surface area contributed by atoms with Gasteiger partial charge in [-0.25, -0.2) is 4.79 Å². The first kappa shape index (κ1) is 14.8. The lowest BCUT2D eigenvalue weighted by atomic mass is 10.1. The molecule has 0 aromatic heterocycles. The van der Waals surface area contributed by atoms with Crippen LogP contribution < -0.4 is 10.6 Å². The lowest BCUT2D eigenvalue weighted by molar-refractivity contribution is -0.131. The summed E-state index contributed by atoms with van der Waals surface area (Å²) in [6, 6.07) is 9.82. The summed E-state index contributed by atoms with van der Waals surface area (Å²) in [5.74, 6) is 0.0352. The third-order valence-electron chi connectivity index (χ3n) is 4.31. The molecule has 2 aliphatic rings. The Balaban J connectivity index is 1.47. The molecule has 1 aromatic carbocycles. The number of urea groups is 1. The second kappa shape index (κ2) is 6.79. The summed E-state index contributed by atoms with van der Waals surface area (Å²) in [7, 11) is 0. The van der Waals surface area contributed by atoms with Gasteiger partial charge in [0.1, 0.15) is 6.04 Å². The van der Waals surface area contributed by atoms with Gasteiger partial charge in [0.05, 0.1) is 0 Å². The van der Waals surface area contributed by atoms with Gasteiger partial charge in [-0.1, -0.05) is 30.3 Å². The number of piperazine rings is 2. The van der Waals surface area contributed by atoms with Crippen LogP contribution in [0, 0.1) is 0 Å². The molecule has 22 heavy (non-hydrogen) atoms. The van der Waals surface area contributed by atoms with Crippen molar-refractivity contribution in [3.63, 3.8) is 0 Å². The molecular weight excluding hydrogens is 280 g/mol. The smallest absolute Gasteiger partial charge is 0.317 e. The van der Waals surface area contributed by atoms with Crippen LogP contribution in [0.15, 0.2) is 30.3 Å². The number of fused-ring (bicyclic) bond motifs is 1. The highest BCUT2D eigenvalue weighted by Crippen LogP contribution is 2.12. The normalized spacial score (nSPS) is 21.9. The maximum absolute atomic E-state index is 12.2. The lowest BCUT2D eigenvalue weighted by Gasteiger charge is -2.42. The molecule has 2 heterocycles. The van der Waals surface area contributed by atoms with Crippen LogP contribution in [0.5, 0.6) is 0 Å². The van der Waals surface area contributed by atoms with Gasteiger partial charge >= 0.3 is 6.03 Å². The number of nitrogens with one attached hydrogen (secondary N) is 2. The van der Waals surface area contributed by atoms with E-state index in [-0.39, 0.29) is 18.0 Å². The van der Waals surface area contributed by atoms with Gasteiger partial charge in [0.25, 0.3) is 0 Å². The van der Waals surface area contributed by atoms with Gasteiger partial charge in [0.15, 0.2) is 0 Å². The Morgan fingerprint density at radius 3 is 2.86 bits per heavy atom. The highest BCUT2D eigenvalue weighted by Gasteiger charge is 2.36. The van der Waals surface area contributed by atoms with Gasteiger partial charge in [-0.15, -0.1) is 0 Å². The molecule has 0 aliphatic carbocycles. The molecule has 1 aromatic rings. The third-order valence-corrected chi connectivity index (χ3v) is 4.31. The summed E-state index contributed by atoms with van der Waals surface area (Å²) in [6.45, 7) is 4.12. The maximum Gasteiger partial charge on any atom is 0.317 e. The molecule has 3 amide bonds. The van der Waals surface area contributed by atoms with Gasteiger partial charge in [-0.05, 0) is 12.0 Å². The minimum Gasteiger partial charge on any atom is -0.353 e. The average Bonchev–Trinajstić information content (AvgIpc) is 2.56. The number of benzene rings is 1. The molecule has 2 saturated heterocycles. The minimum absolute atomic E-state index is 0.0352. The quantitative estimate of drug-likeness (QED) is 0.829. The van der Waals surface area contributed by atoms with E-state index in [4.69, 9.17) is 0 Å². The van der Waals surface area contributed by atoms with Crippen LogP contribution in [0.2, 0.25) is 0 Å². The van der Waals surface area contributed by atoms with Crippen molar-refractivity contribution < 1.29 is 9.59 Å². The van der Waals surface area contributed by atoms with Crippen molar-refractivity contribution in [1.29, 1.82) is 0 Å². The Labute approximate surface area is 130 Å². The zero-order valence-corrected chi connectivity index (χ0v) is 12.6. The predicted molar refractivity (Wildman–Crippen MR) is 83.5 cm³/mol. The summed E-state index contributed by atoms with van der Waals surface area (Å²) in [4.78, 5) is 28.0. The van der Waals surface area contributed by atoms with Gasteiger partial charge in [-0.3, -0.25) is 9.69 Å². The minimum atomic E-state index is -0.192.